The minimum absolute atomic E-state index is 0.462. The van der Waals surface area contributed by atoms with Gasteiger partial charge in [-0.25, -0.2) is 0 Å². The summed E-state index contributed by atoms with van der Waals surface area (Å²) in [5.41, 5.74) is 4.72. The Bertz CT molecular complexity index is 865. The lowest BCUT2D eigenvalue weighted by molar-refractivity contribution is 0.263. The van der Waals surface area contributed by atoms with Crippen molar-refractivity contribution in [1.29, 1.82) is 0 Å². The van der Waals surface area contributed by atoms with Crippen molar-refractivity contribution in [1.82, 2.24) is 15.1 Å². The molecular weight excluding hydrogens is 310 g/mol. The molecule has 0 N–H and O–H groups in total. The summed E-state index contributed by atoms with van der Waals surface area (Å²) in [5.74, 6) is 1.16. The quantitative estimate of drug-likeness (QED) is 0.683. The molecule has 4 rings (SSSR count). The molecule has 0 aliphatic carbocycles. The third-order valence-electron chi connectivity index (χ3n) is 5.03. The van der Waals surface area contributed by atoms with E-state index in [1.54, 1.807) is 0 Å². The third kappa shape index (κ3) is 3.35. The Kier molecular flexibility index (Phi) is 4.36. The van der Waals surface area contributed by atoms with Gasteiger partial charge in [-0.15, -0.1) is 10.2 Å². The Morgan fingerprint density at radius 3 is 2.32 bits per heavy atom. The van der Waals surface area contributed by atoms with Crippen LogP contribution >= 0.6 is 0 Å². The van der Waals surface area contributed by atoms with Crippen LogP contribution in [-0.2, 0) is 0 Å². The molecule has 25 heavy (non-hydrogen) atoms. The van der Waals surface area contributed by atoms with Gasteiger partial charge in [-0.2, -0.15) is 0 Å². The standard InChI is InChI=1S/C21H23N3O/c1-15(24-11-3-4-12-24)17-7-5-8-18(13-17)19-9-6-10-20(14-19)21-23-22-16(2)25-21/h5-10,13-15H,3-4,11-12H2,1-2H3/t15-/m1/s1. The van der Waals surface area contributed by atoms with Crippen LogP contribution in [0.3, 0.4) is 0 Å². The van der Waals surface area contributed by atoms with Crippen LogP contribution in [0.15, 0.2) is 52.9 Å². The van der Waals surface area contributed by atoms with Gasteiger partial charge in [-0.05, 0) is 67.7 Å². The minimum Gasteiger partial charge on any atom is -0.421 e. The van der Waals surface area contributed by atoms with Crippen LogP contribution in [0.1, 0.15) is 37.3 Å². The van der Waals surface area contributed by atoms with E-state index in [0.29, 0.717) is 17.8 Å². The van der Waals surface area contributed by atoms with Crippen LogP contribution in [0, 0.1) is 6.92 Å². The second kappa shape index (κ2) is 6.81. The fourth-order valence-corrected chi connectivity index (χ4v) is 3.56. The van der Waals surface area contributed by atoms with Crippen LogP contribution in [0.5, 0.6) is 0 Å². The van der Waals surface area contributed by atoms with Gasteiger partial charge in [0, 0.05) is 18.5 Å². The van der Waals surface area contributed by atoms with Crippen molar-refractivity contribution < 1.29 is 4.42 Å². The van der Waals surface area contributed by atoms with Crippen molar-refractivity contribution >= 4 is 0 Å². The van der Waals surface area contributed by atoms with Gasteiger partial charge in [-0.3, -0.25) is 4.90 Å². The van der Waals surface area contributed by atoms with E-state index in [1.807, 2.05) is 19.1 Å². The van der Waals surface area contributed by atoms with Gasteiger partial charge in [0.05, 0.1) is 0 Å². The van der Waals surface area contributed by atoms with Gasteiger partial charge in [0.25, 0.3) is 0 Å². The Morgan fingerprint density at radius 1 is 0.920 bits per heavy atom. The number of likely N-dealkylation sites (tertiary alicyclic amines) is 1. The summed E-state index contributed by atoms with van der Waals surface area (Å²) in [4.78, 5) is 2.57. The maximum absolute atomic E-state index is 5.56. The predicted molar refractivity (Wildman–Crippen MR) is 99.1 cm³/mol. The zero-order chi connectivity index (χ0) is 17.2. The summed E-state index contributed by atoms with van der Waals surface area (Å²) in [6, 6.07) is 17.6. The van der Waals surface area contributed by atoms with E-state index in [1.165, 1.54) is 42.6 Å². The lowest BCUT2D eigenvalue weighted by Crippen LogP contribution is -2.23. The molecule has 0 amide bonds. The molecule has 2 aromatic carbocycles. The van der Waals surface area contributed by atoms with Gasteiger partial charge in [0.2, 0.25) is 11.8 Å². The first-order valence-electron chi connectivity index (χ1n) is 8.95. The van der Waals surface area contributed by atoms with Crippen molar-refractivity contribution in [2.24, 2.45) is 0 Å². The molecule has 2 heterocycles. The van der Waals surface area contributed by atoms with Crippen molar-refractivity contribution in [3.63, 3.8) is 0 Å². The summed E-state index contributed by atoms with van der Waals surface area (Å²) in [5, 5.41) is 8.05. The molecule has 4 nitrogen and oxygen atoms in total. The summed E-state index contributed by atoms with van der Waals surface area (Å²) >= 11 is 0. The topological polar surface area (TPSA) is 42.2 Å². The van der Waals surface area contributed by atoms with E-state index < -0.39 is 0 Å². The number of aromatic nitrogens is 2. The van der Waals surface area contributed by atoms with Crippen LogP contribution in [-0.4, -0.2) is 28.2 Å². The highest BCUT2D eigenvalue weighted by Crippen LogP contribution is 2.30. The highest BCUT2D eigenvalue weighted by atomic mass is 16.4. The fourth-order valence-electron chi connectivity index (χ4n) is 3.56. The molecule has 3 aromatic rings. The van der Waals surface area contributed by atoms with E-state index in [2.05, 4.69) is 58.4 Å². The van der Waals surface area contributed by atoms with Crippen molar-refractivity contribution in [3.05, 3.63) is 60.0 Å². The second-order valence-corrected chi connectivity index (χ2v) is 6.75. The first-order valence-corrected chi connectivity index (χ1v) is 8.95. The third-order valence-corrected chi connectivity index (χ3v) is 5.03. The molecule has 1 fully saturated rings. The van der Waals surface area contributed by atoms with Crippen molar-refractivity contribution in [3.8, 4) is 22.6 Å². The molecule has 0 bridgehead atoms. The summed E-state index contributed by atoms with van der Waals surface area (Å²) in [6.45, 7) is 6.53. The number of nitrogens with zero attached hydrogens (tertiary/aromatic N) is 3. The number of rotatable bonds is 4. The monoisotopic (exact) mass is 333 g/mol. The molecule has 1 aliphatic heterocycles. The molecule has 1 saturated heterocycles. The van der Waals surface area contributed by atoms with Gasteiger partial charge < -0.3 is 4.42 Å². The highest BCUT2D eigenvalue weighted by Gasteiger charge is 2.19. The Morgan fingerprint density at radius 2 is 1.60 bits per heavy atom. The van der Waals surface area contributed by atoms with E-state index >= 15 is 0 Å². The Hall–Kier alpha value is -2.46. The van der Waals surface area contributed by atoms with E-state index in [9.17, 15) is 0 Å². The van der Waals surface area contributed by atoms with Crippen LogP contribution in [0.25, 0.3) is 22.6 Å². The zero-order valence-electron chi connectivity index (χ0n) is 14.8. The summed E-state index contributed by atoms with van der Waals surface area (Å²) < 4.78 is 5.56. The molecule has 4 heteroatoms. The normalized spacial score (nSPS) is 16.2. The molecule has 1 aliphatic rings. The molecule has 0 unspecified atom stereocenters. The number of hydrogen-bond acceptors (Lipinski definition) is 4. The Labute approximate surface area is 148 Å². The number of benzene rings is 2. The van der Waals surface area contributed by atoms with Crippen LogP contribution < -0.4 is 0 Å². The van der Waals surface area contributed by atoms with Gasteiger partial charge in [-0.1, -0.05) is 30.3 Å². The maximum atomic E-state index is 5.56. The summed E-state index contributed by atoms with van der Waals surface area (Å²) in [7, 11) is 0. The smallest absolute Gasteiger partial charge is 0.247 e. The molecule has 0 radical (unpaired) electrons. The van der Waals surface area contributed by atoms with Crippen LogP contribution in [0.4, 0.5) is 0 Å². The highest BCUT2D eigenvalue weighted by molar-refractivity contribution is 5.70. The molecule has 0 saturated carbocycles. The first kappa shape index (κ1) is 16.0. The molecule has 128 valence electrons. The lowest BCUT2D eigenvalue weighted by atomic mass is 9.98. The van der Waals surface area contributed by atoms with Gasteiger partial charge >= 0.3 is 0 Å². The largest absolute Gasteiger partial charge is 0.421 e. The molecular formula is C21H23N3O. The Balaban J connectivity index is 1.64. The minimum atomic E-state index is 0.462. The summed E-state index contributed by atoms with van der Waals surface area (Å²) in [6.07, 6.45) is 2.63. The van der Waals surface area contributed by atoms with Gasteiger partial charge in [0.15, 0.2) is 0 Å². The SMILES string of the molecule is Cc1nnc(-c2cccc(-c3cccc([C@@H](C)N4CCCC4)c3)c2)o1. The average Bonchev–Trinajstić information content (AvgIpc) is 3.33. The van der Waals surface area contributed by atoms with Crippen molar-refractivity contribution in [2.45, 2.75) is 32.7 Å². The van der Waals surface area contributed by atoms with E-state index in [4.69, 9.17) is 4.42 Å². The molecule has 1 atom stereocenters. The van der Waals surface area contributed by atoms with Crippen molar-refractivity contribution in [2.75, 3.05) is 13.1 Å². The predicted octanol–water partition coefficient (Wildman–Crippen LogP) is 4.87. The van der Waals surface area contributed by atoms with E-state index in [-0.39, 0.29) is 0 Å². The molecule has 1 aromatic heterocycles. The number of aryl methyl sites for hydroxylation is 1. The van der Waals surface area contributed by atoms with Crippen LogP contribution in [0.2, 0.25) is 0 Å². The molecule has 0 spiro atoms. The average molecular weight is 333 g/mol. The van der Waals surface area contributed by atoms with Gasteiger partial charge in [0.1, 0.15) is 0 Å². The number of hydrogen-bond donors (Lipinski definition) is 0. The second-order valence-electron chi connectivity index (χ2n) is 6.75. The fraction of sp³-hybridized carbons (Fsp3) is 0.333. The maximum Gasteiger partial charge on any atom is 0.247 e. The zero-order valence-corrected chi connectivity index (χ0v) is 14.8. The first-order chi connectivity index (χ1) is 12.2. The van der Waals surface area contributed by atoms with E-state index in [0.717, 1.165) is 5.56 Å². The lowest BCUT2D eigenvalue weighted by Gasteiger charge is -2.24.